The van der Waals surface area contributed by atoms with Crippen LogP contribution in [0.15, 0.2) is 12.7 Å². The third kappa shape index (κ3) is 3.87. The number of amides is 1. The van der Waals surface area contributed by atoms with Gasteiger partial charge in [0, 0.05) is 0 Å². The van der Waals surface area contributed by atoms with Crippen LogP contribution in [0, 0.1) is 0 Å². The second-order valence-electron chi connectivity index (χ2n) is 7.98. The maximum Gasteiger partial charge on any atom is 0.412 e. The Morgan fingerprint density at radius 2 is 1.87 bits per heavy atom. The summed E-state index contributed by atoms with van der Waals surface area (Å²) in [6.07, 6.45) is 0.633. The first-order valence-electron chi connectivity index (χ1n) is 8.01. The summed E-state index contributed by atoms with van der Waals surface area (Å²) in [5, 5.41) is 0. The van der Waals surface area contributed by atoms with E-state index in [4.69, 9.17) is 18.9 Å². The molecule has 6 nitrogen and oxygen atoms in total. The van der Waals surface area contributed by atoms with Crippen molar-refractivity contribution in [1.82, 2.24) is 4.90 Å². The highest BCUT2D eigenvalue weighted by Crippen LogP contribution is 2.38. The van der Waals surface area contributed by atoms with Crippen LogP contribution in [0.5, 0.6) is 0 Å². The molecular formula is C17H29NO5. The number of ether oxygens (including phenoxy) is 4. The third-order valence-electron chi connectivity index (χ3n) is 3.88. The number of carbonyl (C=O) groups excluding carboxylic acids is 1. The van der Waals surface area contributed by atoms with Crippen molar-refractivity contribution < 1.29 is 23.7 Å². The van der Waals surface area contributed by atoms with Gasteiger partial charge in [-0.15, -0.1) is 6.58 Å². The maximum absolute atomic E-state index is 12.7. The lowest BCUT2D eigenvalue weighted by Crippen LogP contribution is -2.55. The summed E-state index contributed by atoms with van der Waals surface area (Å²) in [6.45, 7) is 17.1. The van der Waals surface area contributed by atoms with Crippen LogP contribution in [0.3, 0.4) is 0 Å². The molecule has 0 aromatic carbocycles. The Bertz CT molecular complexity index is 480. The molecule has 2 aliphatic rings. The van der Waals surface area contributed by atoms with Crippen LogP contribution in [-0.4, -0.2) is 53.0 Å². The molecule has 2 rings (SSSR count). The van der Waals surface area contributed by atoms with Gasteiger partial charge in [-0.05, 0) is 48.5 Å². The molecule has 0 aliphatic carbocycles. The molecule has 6 heteroatoms. The summed E-state index contributed by atoms with van der Waals surface area (Å²) in [7, 11) is 0. The van der Waals surface area contributed by atoms with Gasteiger partial charge in [-0.25, -0.2) is 4.79 Å². The quantitative estimate of drug-likeness (QED) is 0.730. The van der Waals surface area contributed by atoms with Crippen molar-refractivity contribution in [3.63, 3.8) is 0 Å². The minimum atomic E-state index is -0.769. The smallest absolute Gasteiger partial charge is 0.412 e. The van der Waals surface area contributed by atoms with Gasteiger partial charge in [0.25, 0.3) is 0 Å². The highest BCUT2D eigenvalue weighted by Gasteiger charge is 2.54. The highest BCUT2D eigenvalue weighted by molar-refractivity contribution is 5.70. The minimum absolute atomic E-state index is 0.301. The Kier molecular flexibility index (Phi) is 4.56. The molecule has 0 aromatic heterocycles. The Morgan fingerprint density at radius 1 is 1.26 bits per heavy atom. The molecule has 132 valence electrons. The molecular weight excluding hydrogens is 298 g/mol. The van der Waals surface area contributed by atoms with E-state index < -0.39 is 23.2 Å². The summed E-state index contributed by atoms with van der Waals surface area (Å²) in [6, 6.07) is -0.301. The lowest BCUT2D eigenvalue weighted by molar-refractivity contribution is -0.149. The number of hydrogen-bond donors (Lipinski definition) is 0. The van der Waals surface area contributed by atoms with Crippen LogP contribution in [-0.2, 0) is 18.9 Å². The third-order valence-corrected chi connectivity index (χ3v) is 3.88. The molecule has 0 aromatic rings. The summed E-state index contributed by atoms with van der Waals surface area (Å²) < 4.78 is 23.2. The first-order valence-corrected chi connectivity index (χ1v) is 8.01. The lowest BCUT2D eigenvalue weighted by Gasteiger charge is -2.37. The zero-order valence-corrected chi connectivity index (χ0v) is 15.2. The number of nitrogens with zero attached hydrogens (tertiary/aromatic N) is 1. The predicted molar refractivity (Wildman–Crippen MR) is 85.9 cm³/mol. The number of hydrogen-bond acceptors (Lipinski definition) is 5. The summed E-state index contributed by atoms with van der Waals surface area (Å²) in [5.74, 6) is -0.726. The molecule has 0 saturated carbocycles. The molecule has 2 fully saturated rings. The summed E-state index contributed by atoms with van der Waals surface area (Å²) in [4.78, 5) is 14.3. The SMILES string of the molecule is C=C[C@H]1OC(C)(C)O[C@H]1[C@@H]1COC(C)(C)N1C(=O)OC(C)(C)C. The largest absolute Gasteiger partial charge is 0.444 e. The van der Waals surface area contributed by atoms with Crippen LogP contribution in [0.2, 0.25) is 0 Å². The number of rotatable bonds is 2. The first-order chi connectivity index (χ1) is 10.4. The Morgan fingerprint density at radius 3 is 2.39 bits per heavy atom. The van der Waals surface area contributed by atoms with Crippen LogP contribution < -0.4 is 0 Å². The molecule has 3 atom stereocenters. The normalized spacial score (nSPS) is 32.8. The fraction of sp³-hybridized carbons (Fsp3) is 0.824. The minimum Gasteiger partial charge on any atom is -0.444 e. The van der Waals surface area contributed by atoms with Gasteiger partial charge in [0.15, 0.2) is 5.79 Å². The summed E-state index contributed by atoms with van der Waals surface area (Å²) >= 11 is 0. The van der Waals surface area contributed by atoms with Gasteiger partial charge in [0.05, 0.1) is 12.6 Å². The molecule has 0 unspecified atom stereocenters. The average molecular weight is 327 g/mol. The highest BCUT2D eigenvalue weighted by atomic mass is 16.8. The maximum atomic E-state index is 12.7. The van der Waals surface area contributed by atoms with Crippen LogP contribution in [0.1, 0.15) is 48.5 Å². The van der Waals surface area contributed by atoms with Crippen molar-refractivity contribution in [3.05, 3.63) is 12.7 Å². The van der Waals surface area contributed by atoms with E-state index >= 15 is 0 Å². The van der Waals surface area contributed by atoms with E-state index in [1.54, 1.807) is 11.0 Å². The van der Waals surface area contributed by atoms with Gasteiger partial charge in [-0.1, -0.05) is 6.08 Å². The van der Waals surface area contributed by atoms with E-state index in [2.05, 4.69) is 6.58 Å². The van der Waals surface area contributed by atoms with E-state index in [0.717, 1.165) is 0 Å². The monoisotopic (exact) mass is 327 g/mol. The lowest BCUT2D eigenvalue weighted by atomic mass is 10.0. The molecule has 23 heavy (non-hydrogen) atoms. The zero-order chi connectivity index (χ0) is 17.6. The molecule has 1 amide bonds. The van der Waals surface area contributed by atoms with Crippen molar-refractivity contribution in [1.29, 1.82) is 0 Å². The molecule has 2 saturated heterocycles. The number of carbonyl (C=O) groups is 1. The van der Waals surface area contributed by atoms with Gasteiger partial charge >= 0.3 is 6.09 Å². The van der Waals surface area contributed by atoms with Crippen LogP contribution in [0.25, 0.3) is 0 Å². The van der Waals surface area contributed by atoms with E-state index in [1.807, 2.05) is 48.5 Å². The Hall–Kier alpha value is -1.11. The van der Waals surface area contributed by atoms with Gasteiger partial charge in [-0.3, -0.25) is 4.90 Å². The van der Waals surface area contributed by atoms with Crippen molar-refractivity contribution in [2.24, 2.45) is 0 Å². The van der Waals surface area contributed by atoms with Crippen molar-refractivity contribution in [2.45, 2.75) is 83.8 Å². The molecule has 2 heterocycles. The fourth-order valence-electron chi connectivity index (χ4n) is 3.04. The molecule has 0 bridgehead atoms. The topological polar surface area (TPSA) is 57.2 Å². The van der Waals surface area contributed by atoms with E-state index in [1.165, 1.54) is 0 Å². The van der Waals surface area contributed by atoms with Crippen LogP contribution >= 0.6 is 0 Å². The predicted octanol–water partition coefficient (Wildman–Crippen LogP) is 3.06. The molecule has 2 aliphatic heterocycles. The Balaban J connectivity index is 2.26. The van der Waals surface area contributed by atoms with E-state index in [0.29, 0.717) is 6.61 Å². The van der Waals surface area contributed by atoms with Crippen molar-refractivity contribution in [3.8, 4) is 0 Å². The van der Waals surface area contributed by atoms with E-state index in [9.17, 15) is 4.79 Å². The van der Waals surface area contributed by atoms with Crippen molar-refractivity contribution in [2.75, 3.05) is 6.61 Å². The van der Waals surface area contributed by atoms with Gasteiger partial charge < -0.3 is 18.9 Å². The van der Waals surface area contributed by atoms with Gasteiger partial charge in [-0.2, -0.15) is 0 Å². The second kappa shape index (κ2) is 5.76. The Labute approximate surface area is 138 Å². The first kappa shape index (κ1) is 18.2. The standard InChI is InChI=1S/C17H29NO5/c1-9-12-13(22-17(7,8)21-12)11-10-20-16(5,6)18(11)14(19)23-15(2,3)4/h9,11-13H,1,10H2,2-8H3/t11-,12+,13-/m0/s1. The van der Waals surface area contributed by atoms with Gasteiger partial charge in [0.2, 0.25) is 0 Å². The van der Waals surface area contributed by atoms with Crippen LogP contribution in [0.4, 0.5) is 4.79 Å². The summed E-state index contributed by atoms with van der Waals surface area (Å²) in [5.41, 5.74) is -1.35. The average Bonchev–Trinajstić information content (AvgIpc) is 2.82. The van der Waals surface area contributed by atoms with E-state index in [-0.39, 0.29) is 18.2 Å². The molecule has 0 N–H and O–H groups in total. The van der Waals surface area contributed by atoms with Crippen molar-refractivity contribution >= 4 is 6.09 Å². The molecule has 0 spiro atoms. The fourth-order valence-corrected chi connectivity index (χ4v) is 3.04. The molecule has 0 radical (unpaired) electrons. The zero-order valence-electron chi connectivity index (χ0n) is 15.2. The van der Waals surface area contributed by atoms with Gasteiger partial charge in [0.1, 0.15) is 23.5 Å². The second-order valence-corrected chi connectivity index (χ2v) is 7.98.